The highest BCUT2D eigenvalue weighted by molar-refractivity contribution is 5.78. The van der Waals surface area contributed by atoms with E-state index in [2.05, 4.69) is 52.0 Å². The first kappa shape index (κ1) is 16.0. The SMILES string of the molecule is CC(C)CN1C(=O)CCC(N)C1c1ccc(C(C)C)cc1. The van der Waals surface area contributed by atoms with Crippen molar-refractivity contribution in [3.8, 4) is 0 Å². The molecule has 1 aromatic rings. The second-order valence-corrected chi connectivity index (χ2v) is 6.91. The lowest BCUT2D eigenvalue weighted by molar-refractivity contribution is -0.138. The molecule has 2 rings (SSSR count). The highest BCUT2D eigenvalue weighted by atomic mass is 16.2. The monoisotopic (exact) mass is 288 g/mol. The summed E-state index contributed by atoms with van der Waals surface area (Å²) in [7, 11) is 0. The number of amides is 1. The van der Waals surface area contributed by atoms with Gasteiger partial charge in [0, 0.05) is 19.0 Å². The van der Waals surface area contributed by atoms with E-state index in [0.717, 1.165) is 13.0 Å². The van der Waals surface area contributed by atoms with Gasteiger partial charge in [0.15, 0.2) is 0 Å². The van der Waals surface area contributed by atoms with Gasteiger partial charge in [-0.1, -0.05) is 52.0 Å². The van der Waals surface area contributed by atoms with Gasteiger partial charge in [-0.25, -0.2) is 0 Å². The molecule has 1 aromatic carbocycles. The van der Waals surface area contributed by atoms with Gasteiger partial charge in [-0.3, -0.25) is 4.79 Å². The van der Waals surface area contributed by atoms with E-state index in [1.165, 1.54) is 11.1 Å². The van der Waals surface area contributed by atoms with Gasteiger partial charge in [0.2, 0.25) is 5.91 Å². The number of carbonyl (C=O) groups excluding carboxylic acids is 1. The van der Waals surface area contributed by atoms with Crippen molar-refractivity contribution >= 4 is 5.91 Å². The van der Waals surface area contributed by atoms with E-state index in [4.69, 9.17) is 5.73 Å². The minimum absolute atomic E-state index is 0.0230. The van der Waals surface area contributed by atoms with E-state index < -0.39 is 0 Å². The summed E-state index contributed by atoms with van der Waals surface area (Å²) in [5.74, 6) is 1.22. The lowest BCUT2D eigenvalue weighted by Crippen LogP contribution is -2.49. The molecular formula is C18H28N2O. The summed E-state index contributed by atoms with van der Waals surface area (Å²) in [6.07, 6.45) is 1.36. The van der Waals surface area contributed by atoms with Crippen molar-refractivity contribution in [1.82, 2.24) is 4.90 Å². The number of nitrogens with two attached hydrogens (primary N) is 1. The third kappa shape index (κ3) is 3.65. The van der Waals surface area contributed by atoms with Crippen LogP contribution in [0.1, 0.15) is 63.6 Å². The number of hydrogen-bond donors (Lipinski definition) is 1. The van der Waals surface area contributed by atoms with Crippen LogP contribution >= 0.6 is 0 Å². The number of carbonyl (C=O) groups is 1. The first-order valence-electron chi connectivity index (χ1n) is 8.05. The molecule has 1 aliphatic heterocycles. The highest BCUT2D eigenvalue weighted by Gasteiger charge is 2.34. The third-order valence-electron chi connectivity index (χ3n) is 4.26. The lowest BCUT2D eigenvalue weighted by atomic mass is 9.88. The number of likely N-dealkylation sites (tertiary alicyclic amines) is 1. The Balaban J connectivity index is 2.29. The zero-order chi connectivity index (χ0) is 15.6. The predicted octanol–water partition coefficient (Wildman–Crippen LogP) is 3.46. The Kier molecular flexibility index (Phi) is 5.04. The Morgan fingerprint density at radius 2 is 1.81 bits per heavy atom. The standard InChI is InChI=1S/C18H28N2O/c1-12(2)11-20-17(21)10-9-16(19)18(20)15-7-5-14(6-8-15)13(3)4/h5-8,12-13,16,18H,9-11,19H2,1-4H3. The van der Waals surface area contributed by atoms with E-state index in [0.29, 0.717) is 18.3 Å². The van der Waals surface area contributed by atoms with Crippen LogP contribution in [-0.2, 0) is 4.79 Å². The predicted molar refractivity (Wildman–Crippen MR) is 87.0 cm³/mol. The average Bonchev–Trinajstić information content (AvgIpc) is 2.43. The summed E-state index contributed by atoms with van der Waals surface area (Å²) in [4.78, 5) is 14.3. The first-order chi connectivity index (χ1) is 9.90. The van der Waals surface area contributed by atoms with Crippen LogP contribution in [0.15, 0.2) is 24.3 Å². The van der Waals surface area contributed by atoms with Crippen molar-refractivity contribution in [2.45, 2.75) is 58.5 Å². The van der Waals surface area contributed by atoms with E-state index >= 15 is 0 Å². The molecule has 3 heteroatoms. The topological polar surface area (TPSA) is 46.3 Å². The van der Waals surface area contributed by atoms with Crippen molar-refractivity contribution in [3.05, 3.63) is 35.4 Å². The maximum absolute atomic E-state index is 12.3. The molecule has 2 atom stereocenters. The lowest BCUT2D eigenvalue weighted by Gasteiger charge is -2.41. The summed E-state index contributed by atoms with van der Waals surface area (Å²) in [5, 5.41) is 0. The molecule has 0 saturated carbocycles. The van der Waals surface area contributed by atoms with Crippen LogP contribution in [0.25, 0.3) is 0 Å². The molecule has 0 bridgehead atoms. The van der Waals surface area contributed by atoms with Gasteiger partial charge in [0.1, 0.15) is 0 Å². The summed E-state index contributed by atoms with van der Waals surface area (Å²) in [6, 6.07) is 8.68. The molecule has 2 unspecified atom stereocenters. The average molecular weight is 288 g/mol. The van der Waals surface area contributed by atoms with Crippen molar-refractivity contribution in [2.75, 3.05) is 6.54 Å². The maximum Gasteiger partial charge on any atom is 0.223 e. The molecule has 1 heterocycles. The van der Waals surface area contributed by atoms with Crippen molar-refractivity contribution in [1.29, 1.82) is 0 Å². The van der Waals surface area contributed by atoms with E-state index in [-0.39, 0.29) is 18.0 Å². The Morgan fingerprint density at radius 1 is 1.19 bits per heavy atom. The molecule has 0 aliphatic carbocycles. The Bertz CT molecular complexity index is 478. The molecule has 1 amide bonds. The second-order valence-electron chi connectivity index (χ2n) is 6.91. The summed E-state index contributed by atoms with van der Waals surface area (Å²) >= 11 is 0. The molecule has 1 aliphatic rings. The normalized spacial score (nSPS) is 23.2. The minimum atomic E-state index is 0.0230. The minimum Gasteiger partial charge on any atom is -0.334 e. The van der Waals surface area contributed by atoms with Gasteiger partial charge in [-0.05, 0) is 29.4 Å². The fourth-order valence-corrected chi connectivity index (χ4v) is 3.09. The summed E-state index contributed by atoms with van der Waals surface area (Å²) in [6.45, 7) is 9.45. The van der Waals surface area contributed by atoms with Crippen LogP contribution in [0.3, 0.4) is 0 Å². The summed E-state index contributed by atoms with van der Waals surface area (Å²) < 4.78 is 0. The number of benzene rings is 1. The molecule has 0 spiro atoms. The van der Waals surface area contributed by atoms with Crippen LogP contribution in [0.5, 0.6) is 0 Å². The van der Waals surface area contributed by atoms with Crippen molar-refractivity contribution in [3.63, 3.8) is 0 Å². The number of piperidine rings is 1. The Hall–Kier alpha value is -1.35. The van der Waals surface area contributed by atoms with Crippen molar-refractivity contribution < 1.29 is 4.79 Å². The number of nitrogens with zero attached hydrogens (tertiary/aromatic N) is 1. The van der Waals surface area contributed by atoms with E-state index in [1.54, 1.807) is 0 Å². The quantitative estimate of drug-likeness (QED) is 0.922. The molecule has 21 heavy (non-hydrogen) atoms. The van der Waals surface area contributed by atoms with Crippen LogP contribution in [0.4, 0.5) is 0 Å². The molecular weight excluding hydrogens is 260 g/mol. The number of hydrogen-bond acceptors (Lipinski definition) is 2. The maximum atomic E-state index is 12.3. The van der Waals surface area contributed by atoms with Gasteiger partial charge in [-0.15, -0.1) is 0 Å². The molecule has 3 nitrogen and oxygen atoms in total. The zero-order valence-electron chi connectivity index (χ0n) is 13.7. The van der Waals surface area contributed by atoms with Gasteiger partial charge >= 0.3 is 0 Å². The fraction of sp³-hybridized carbons (Fsp3) is 0.611. The van der Waals surface area contributed by atoms with Crippen LogP contribution in [-0.4, -0.2) is 23.4 Å². The molecule has 0 radical (unpaired) electrons. The summed E-state index contributed by atoms with van der Waals surface area (Å²) in [5.41, 5.74) is 8.83. The largest absolute Gasteiger partial charge is 0.334 e. The first-order valence-corrected chi connectivity index (χ1v) is 8.05. The van der Waals surface area contributed by atoms with E-state index in [1.807, 2.05) is 4.90 Å². The highest BCUT2D eigenvalue weighted by Crippen LogP contribution is 2.32. The molecule has 2 N–H and O–H groups in total. The third-order valence-corrected chi connectivity index (χ3v) is 4.26. The van der Waals surface area contributed by atoms with Crippen molar-refractivity contribution in [2.24, 2.45) is 11.7 Å². The van der Waals surface area contributed by atoms with Crippen LogP contribution < -0.4 is 5.73 Å². The van der Waals surface area contributed by atoms with Gasteiger partial charge in [-0.2, -0.15) is 0 Å². The smallest absolute Gasteiger partial charge is 0.223 e. The molecule has 116 valence electrons. The zero-order valence-corrected chi connectivity index (χ0v) is 13.7. The van der Waals surface area contributed by atoms with Gasteiger partial charge in [0.25, 0.3) is 0 Å². The van der Waals surface area contributed by atoms with Crippen LogP contribution in [0, 0.1) is 5.92 Å². The van der Waals surface area contributed by atoms with E-state index in [9.17, 15) is 4.79 Å². The fourth-order valence-electron chi connectivity index (χ4n) is 3.09. The number of rotatable bonds is 4. The van der Waals surface area contributed by atoms with Crippen LogP contribution in [0.2, 0.25) is 0 Å². The van der Waals surface area contributed by atoms with Gasteiger partial charge in [0.05, 0.1) is 6.04 Å². The Morgan fingerprint density at radius 3 is 2.33 bits per heavy atom. The molecule has 1 saturated heterocycles. The molecule has 1 fully saturated rings. The second kappa shape index (κ2) is 6.61. The molecule has 0 aromatic heterocycles. The Labute approximate surface area is 128 Å². The van der Waals surface area contributed by atoms with Gasteiger partial charge < -0.3 is 10.6 Å².